The van der Waals surface area contributed by atoms with E-state index < -0.39 is 0 Å². The second-order valence-electron chi connectivity index (χ2n) is 2.48. The van der Waals surface area contributed by atoms with Crippen LogP contribution in [0.25, 0.3) is 0 Å². The van der Waals surface area contributed by atoms with E-state index in [0.717, 1.165) is 5.75 Å². The van der Waals surface area contributed by atoms with E-state index in [0.29, 0.717) is 6.54 Å². The fourth-order valence-corrected chi connectivity index (χ4v) is 0.779. The molecule has 2 N–H and O–H groups in total. The first-order valence-electron chi connectivity index (χ1n) is 3.74. The predicted molar refractivity (Wildman–Crippen MR) is 52.8 cm³/mol. The molecule has 12 heavy (non-hydrogen) atoms. The van der Waals surface area contributed by atoms with Gasteiger partial charge in [0.05, 0.1) is 0 Å². The number of rotatable bonds is 3. The Kier molecular flexibility index (Phi) is 5.51. The molecule has 0 amide bonds. The molecule has 1 aromatic rings. The van der Waals surface area contributed by atoms with Crippen LogP contribution in [0.1, 0.15) is 6.92 Å². The number of para-hydroxylation sites is 1. The van der Waals surface area contributed by atoms with Crippen molar-refractivity contribution in [2.24, 2.45) is 5.73 Å². The smallest absolute Gasteiger partial charge is 0.119 e. The third-order valence-corrected chi connectivity index (χ3v) is 1.41. The molecule has 0 aliphatic heterocycles. The maximum atomic E-state index is 5.44. The molecular weight excluding hydrogens is 174 g/mol. The first-order chi connectivity index (χ1) is 5.33. The van der Waals surface area contributed by atoms with Gasteiger partial charge in [-0.15, -0.1) is 12.4 Å². The van der Waals surface area contributed by atoms with Crippen LogP contribution in [0.4, 0.5) is 0 Å². The highest BCUT2D eigenvalue weighted by atomic mass is 35.5. The normalized spacial score (nSPS) is 11.5. The second kappa shape index (κ2) is 5.86. The Balaban J connectivity index is 0.00000121. The summed E-state index contributed by atoms with van der Waals surface area (Å²) < 4.78 is 5.44. The molecule has 1 rings (SSSR count). The average molecular weight is 188 g/mol. The summed E-state index contributed by atoms with van der Waals surface area (Å²) in [6, 6.07) is 9.69. The van der Waals surface area contributed by atoms with Crippen LogP contribution >= 0.6 is 12.4 Å². The summed E-state index contributed by atoms with van der Waals surface area (Å²) >= 11 is 0. The fraction of sp³-hybridized carbons (Fsp3) is 0.333. The molecule has 0 heterocycles. The molecule has 0 fully saturated rings. The molecule has 0 aromatic heterocycles. The largest absolute Gasteiger partial charge is 0.489 e. The van der Waals surface area contributed by atoms with E-state index in [4.69, 9.17) is 10.5 Å². The molecule has 0 bridgehead atoms. The Hall–Kier alpha value is -0.730. The lowest BCUT2D eigenvalue weighted by molar-refractivity contribution is 0.230. The monoisotopic (exact) mass is 187 g/mol. The number of hydrogen-bond donors (Lipinski definition) is 1. The summed E-state index contributed by atoms with van der Waals surface area (Å²) in [5, 5.41) is 0. The number of halogens is 1. The highest BCUT2D eigenvalue weighted by Gasteiger charge is 1.98. The van der Waals surface area contributed by atoms with Crippen LogP contribution < -0.4 is 10.5 Å². The summed E-state index contributed by atoms with van der Waals surface area (Å²) in [6.07, 6.45) is 0.0948. The van der Waals surface area contributed by atoms with Gasteiger partial charge in [-0.3, -0.25) is 0 Å². The first-order valence-corrected chi connectivity index (χ1v) is 3.74. The average Bonchev–Trinajstić information content (AvgIpc) is 2.06. The Bertz CT molecular complexity index is 203. The molecule has 0 radical (unpaired) electrons. The van der Waals surface area contributed by atoms with E-state index in [1.54, 1.807) is 0 Å². The minimum atomic E-state index is 0. The van der Waals surface area contributed by atoms with Crippen molar-refractivity contribution in [1.82, 2.24) is 0 Å². The van der Waals surface area contributed by atoms with E-state index >= 15 is 0 Å². The van der Waals surface area contributed by atoms with Gasteiger partial charge in [0.2, 0.25) is 0 Å². The Morgan fingerprint density at radius 2 is 1.92 bits per heavy atom. The van der Waals surface area contributed by atoms with E-state index in [9.17, 15) is 0 Å². The number of ether oxygens (including phenoxy) is 1. The van der Waals surface area contributed by atoms with Gasteiger partial charge < -0.3 is 10.5 Å². The molecule has 68 valence electrons. The molecule has 0 spiro atoms. The van der Waals surface area contributed by atoms with E-state index in [1.165, 1.54) is 0 Å². The maximum Gasteiger partial charge on any atom is 0.119 e. The zero-order valence-electron chi connectivity index (χ0n) is 7.07. The lowest BCUT2D eigenvalue weighted by Crippen LogP contribution is -2.22. The van der Waals surface area contributed by atoms with E-state index in [2.05, 4.69) is 0 Å². The standard InChI is InChI=1S/C9H13NO.ClH/c1-8(7-10)11-9-5-3-2-4-6-9;/h2-6,8H,7,10H2,1H3;1H. The third-order valence-electron chi connectivity index (χ3n) is 1.41. The van der Waals surface area contributed by atoms with E-state index in [-0.39, 0.29) is 18.5 Å². The van der Waals surface area contributed by atoms with Gasteiger partial charge in [0, 0.05) is 6.54 Å². The van der Waals surface area contributed by atoms with Crippen LogP contribution in [0, 0.1) is 0 Å². The lowest BCUT2D eigenvalue weighted by Gasteiger charge is -2.11. The molecular formula is C9H14ClNO. The van der Waals surface area contributed by atoms with Crippen LogP contribution in [0.2, 0.25) is 0 Å². The molecule has 1 unspecified atom stereocenters. The summed E-state index contributed by atoms with van der Waals surface area (Å²) in [5.74, 6) is 0.880. The summed E-state index contributed by atoms with van der Waals surface area (Å²) in [5.41, 5.74) is 5.39. The van der Waals surface area contributed by atoms with Crippen molar-refractivity contribution in [1.29, 1.82) is 0 Å². The fourth-order valence-electron chi connectivity index (χ4n) is 0.779. The molecule has 2 nitrogen and oxygen atoms in total. The van der Waals surface area contributed by atoms with Crippen LogP contribution in [-0.4, -0.2) is 12.6 Å². The zero-order valence-corrected chi connectivity index (χ0v) is 7.88. The molecule has 1 aromatic carbocycles. The maximum absolute atomic E-state index is 5.44. The van der Waals surface area contributed by atoms with Gasteiger partial charge in [-0.2, -0.15) is 0 Å². The van der Waals surface area contributed by atoms with Gasteiger partial charge in [-0.25, -0.2) is 0 Å². The molecule has 0 saturated heterocycles. The molecule has 1 atom stereocenters. The van der Waals surface area contributed by atoms with Gasteiger partial charge in [-0.05, 0) is 19.1 Å². The summed E-state index contributed by atoms with van der Waals surface area (Å²) in [6.45, 7) is 2.50. The number of hydrogen-bond acceptors (Lipinski definition) is 2. The minimum Gasteiger partial charge on any atom is -0.489 e. The SMILES string of the molecule is CC(CN)Oc1ccccc1.Cl. The minimum absolute atomic E-state index is 0. The van der Waals surface area contributed by atoms with Crippen molar-refractivity contribution in [3.8, 4) is 5.75 Å². The Morgan fingerprint density at radius 1 is 1.33 bits per heavy atom. The predicted octanol–water partition coefficient (Wildman–Crippen LogP) is 1.83. The molecule has 0 aliphatic carbocycles. The van der Waals surface area contributed by atoms with Crippen molar-refractivity contribution in [3.63, 3.8) is 0 Å². The van der Waals surface area contributed by atoms with Crippen molar-refractivity contribution in [2.45, 2.75) is 13.0 Å². The number of nitrogens with two attached hydrogens (primary N) is 1. The molecule has 0 saturated carbocycles. The van der Waals surface area contributed by atoms with Crippen LogP contribution in [-0.2, 0) is 0 Å². The van der Waals surface area contributed by atoms with Crippen molar-refractivity contribution >= 4 is 12.4 Å². The number of benzene rings is 1. The van der Waals surface area contributed by atoms with Gasteiger partial charge in [0.15, 0.2) is 0 Å². The van der Waals surface area contributed by atoms with Crippen LogP contribution in [0.15, 0.2) is 30.3 Å². The topological polar surface area (TPSA) is 35.2 Å². The molecule has 0 aliphatic rings. The zero-order chi connectivity index (χ0) is 8.10. The van der Waals surface area contributed by atoms with Crippen molar-refractivity contribution < 1.29 is 4.74 Å². The van der Waals surface area contributed by atoms with Crippen molar-refractivity contribution in [3.05, 3.63) is 30.3 Å². The van der Waals surface area contributed by atoms with Gasteiger partial charge in [0.1, 0.15) is 11.9 Å². The van der Waals surface area contributed by atoms with Crippen LogP contribution in [0.3, 0.4) is 0 Å². The molecule has 3 heteroatoms. The lowest BCUT2D eigenvalue weighted by atomic mass is 10.3. The highest BCUT2D eigenvalue weighted by Crippen LogP contribution is 2.09. The summed E-state index contributed by atoms with van der Waals surface area (Å²) in [4.78, 5) is 0. The van der Waals surface area contributed by atoms with Crippen LogP contribution in [0.5, 0.6) is 5.75 Å². The van der Waals surface area contributed by atoms with Crippen molar-refractivity contribution in [2.75, 3.05) is 6.54 Å². The second-order valence-corrected chi connectivity index (χ2v) is 2.48. The quantitative estimate of drug-likeness (QED) is 0.784. The first kappa shape index (κ1) is 11.3. The Morgan fingerprint density at radius 3 is 2.42 bits per heavy atom. The van der Waals surface area contributed by atoms with Gasteiger partial charge >= 0.3 is 0 Å². The summed E-state index contributed by atoms with van der Waals surface area (Å²) in [7, 11) is 0. The van der Waals surface area contributed by atoms with E-state index in [1.807, 2.05) is 37.3 Å². The third kappa shape index (κ3) is 3.60. The Labute approximate surface area is 79.1 Å². The van der Waals surface area contributed by atoms with Gasteiger partial charge in [0.25, 0.3) is 0 Å². The highest BCUT2D eigenvalue weighted by molar-refractivity contribution is 5.85. The van der Waals surface area contributed by atoms with Gasteiger partial charge in [-0.1, -0.05) is 18.2 Å².